The highest BCUT2D eigenvalue weighted by molar-refractivity contribution is 5.96. The maximum atomic E-state index is 13.1. The molecule has 0 aliphatic carbocycles. The Kier molecular flexibility index (Phi) is 2.71. The third-order valence-corrected chi connectivity index (χ3v) is 2.82. The Morgan fingerprint density at radius 3 is 2.80 bits per heavy atom. The predicted octanol–water partition coefficient (Wildman–Crippen LogP) is 3.10. The maximum Gasteiger partial charge on any atom is 0.126 e. The van der Waals surface area contributed by atoms with Crippen molar-refractivity contribution < 1.29 is 4.39 Å². The number of anilines is 1. The Labute approximate surface area is 89.2 Å². The van der Waals surface area contributed by atoms with Gasteiger partial charge in [-0.1, -0.05) is 0 Å². The van der Waals surface area contributed by atoms with E-state index in [1.807, 2.05) is 11.0 Å². The molecule has 1 fully saturated rings. The van der Waals surface area contributed by atoms with E-state index in [1.54, 1.807) is 13.0 Å². The number of nitrogens with one attached hydrogen (secondary N) is 1. The zero-order valence-corrected chi connectivity index (χ0v) is 8.89. The van der Waals surface area contributed by atoms with Gasteiger partial charge >= 0.3 is 0 Å². The van der Waals surface area contributed by atoms with Gasteiger partial charge in [-0.3, -0.25) is 5.41 Å². The average Bonchev–Trinajstić information content (AvgIpc) is 2.23. The lowest BCUT2D eigenvalue weighted by Gasteiger charge is -2.29. The van der Waals surface area contributed by atoms with Crippen LogP contribution in [0.25, 0.3) is 0 Å². The molecule has 0 saturated carbocycles. The van der Waals surface area contributed by atoms with Gasteiger partial charge in [0.05, 0.1) is 0 Å². The van der Waals surface area contributed by atoms with E-state index < -0.39 is 0 Å². The van der Waals surface area contributed by atoms with E-state index in [0.717, 1.165) is 31.5 Å². The van der Waals surface area contributed by atoms with Crippen LogP contribution in [-0.4, -0.2) is 12.4 Å². The fourth-order valence-electron chi connectivity index (χ4n) is 1.91. The lowest BCUT2D eigenvalue weighted by atomic mass is 10.1. The van der Waals surface area contributed by atoms with Crippen molar-refractivity contribution in [3.63, 3.8) is 0 Å². The molecule has 0 radical (unpaired) electrons. The smallest absolute Gasteiger partial charge is 0.126 e. The largest absolute Gasteiger partial charge is 0.330 e. The van der Waals surface area contributed by atoms with E-state index in [9.17, 15) is 4.39 Å². The highest BCUT2D eigenvalue weighted by Gasteiger charge is 2.16. The zero-order valence-electron chi connectivity index (χ0n) is 8.89. The molecule has 0 bridgehead atoms. The SMILES string of the molecule is Cc1cc(N2CCCCC2=N)ccc1F. The van der Waals surface area contributed by atoms with Crippen molar-refractivity contribution >= 4 is 11.5 Å². The van der Waals surface area contributed by atoms with E-state index in [-0.39, 0.29) is 5.82 Å². The number of halogens is 1. The summed E-state index contributed by atoms with van der Waals surface area (Å²) in [5.41, 5.74) is 1.59. The van der Waals surface area contributed by atoms with Gasteiger partial charge in [0.2, 0.25) is 0 Å². The topological polar surface area (TPSA) is 27.1 Å². The van der Waals surface area contributed by atoms with E-state index in [0.29, 0.717) is 11.4 Å². The molecule has 80 valence electrons. The Hall–Kier alpha value is -1.38. The first kappa shape index (κ1) is 10.1. The Balaban J connectivity index is 2.28. The highest BCUT2D eigenvalue weighted by atomic mass is 19.1. The number of hydrogen-bond donors (Lipinski definition) is 1. The first-order valence-electron chi connectivity index (χ1n) is 5.29. The number of rotatable bonds is 1. The molecule has 1 heterocycles. The van der Waals surface area contributed by atoms with Crippen molar-refractivity contribution in [1.29, 1.82) is 5.41 Å². The molecule has 0 unspecified atom stereocenters. The fraction of sp³-hybridized carbons (Fsp3) is 0.417. The van der Waals surface area contributed by atoms with Crippen LogP contribution >= 0.6 is 0 Å². The Bertz CT molecular complexity index is 387. The molecular formula is C12H15FN2. The van der Waals surface area contributed by atoms with Crippen LogP contribution in [0.4, 0.5) is 10.1 Å². The van der Waals surface area contributed by atoms with E-state index in [4.69, 9.17) is 5.41 Å². The van der Waals surface area contributed by atoms with E-state index in [2.05, 4.69) is 0 Å². The van der Waals surface area contributed by atoms with Crippen molar-refractivity contribution in [2.75, 3.05) is 11.4 Å². The van der Waals surface area contributed by atoms with E-state index in [1.165, 1.54) is 6.07 Å². The van der Waals surface area contributed by atoms with Gasteiger partial charge in [-0.25, -0.2) is 4.39 Å². The number of piperidine rings is 1. The summed E-state index contributed by atoms with van der Waals surface area (Å²) in [4.78, 5) is 1.97. The summed E-state index contributed by atoms with van der Waals surface area (Å²) in [6.07, 6.45) is 3.03. The molecule has 0 aromatic heterocycles. The molecule has 1 aliphatic rings. The van der Waals surface area contributed by atoms with Crippen molar-refractivity contribution in [2.45, 2.75) is 26.2 Å². The average molecular weight is 206 g/mol. The van der Waals surface area contributed by atoms with Crippen LogP contribution in [0.5, 0.6) is 0 Å². The van der Waals surface area contributed by atoms with Crippen LogP contribution in [0.3, 0.4) is 0 Å². The molecule has 15 heavy (non-hydrogen) atoms. The van der Waals surface area contributed by atoms with Gasteiger partial charge in [0.1, 0.15) is 11.7 Å². The fourth-order valence-corrected chi connectivity index (χ4v) is 1.91. The van der Waals surface area contributed by atoms with Gasteiger partial charge in [-0.05, 0) is 43.5 Å². The van der Waals surface area contributed by atoms with Crippen molar-refractivity contribution in [3.8, 4) is 0 Å². The summed E-state index contributed by atoms with van der Waals surface area (Å²) < 4.78 is 13.1. The maximum absolute atomic E-state index is 13.1. The number of benzene rings is 1. The minimum absolute atomic E-state index is 0.178. The van der Waals surface area contributed by atoms with Gasteiger partial charge in [0.15, 0.2) is 0 Å². The lowest BCUT2D eigenvalue weighted by molar-refractivity contribution is 0.618. The van der Waals surface area contributed by atoms with Crippen LogP contribution in [0, 0.1) is 18.2 Å². The molecule has 1 aliphatic heterocycles. The molecule has 0 spiro atoms. The predicted molar refractivity (Wildman–Crippen MR) is 60.1 cm³/mol. The normalized spacial score (nSPS) is 16.9. The van der Waals surface area contributed by atoms with Crippen LogP contribution < -0.4 is 4.90 Å². The van der Waals surface area contributed by atoms with Crippen LogP contribution in [-0.2, 0) is 0 Å². The third-order valence-electron chi connectivity index (χ3n) is 2.82. The van der Waals surface area contributed by atoms with Gasteiger partial charge in [-0.2, -0.15) is 0 Å². The molecule has 1 aromatic carbocycles. The van der Waals surface area contributed by atoms with Gasteiger partial charge in [0, 0.05) is 18.7 Å². The highest BCUT2D eigenvalue weighted by Crippen LogP contribution is 2.22. The molecule has 2 nitrogen and oxygen atoms in total. The second-order valence-electron chi connectivity index (χ2n) is 3.99. The first-order chi connectivity index (χ1) is 7.18. The summed E-state index contributed by atoms with van der Waals surface area (Å²) in [6.45, 7) is 2.64. The van der Waals surface area contributed by atoms with Crippen LogP contribution in [0.1, 0.15) is 24.8 Å². The van der Waals surface area contributed by atoms with Crippen LogP contribution in [0.2, 0.25) is 0 Å². The Morgan fingerprint density at radius 2 is 2.13 bits per heavy atom. The molecule has 0 atom stereocenters. The molecule has 0 amide bonds. The summed E-state index contributed by atoms with van der Waals surface area (Å²) in [5.74, 6) is 0.467. The van der Waals surface area contributed by atoms with E-state index >= 15 is 0 Å². The first-order valence-corrected chi connectivity index (χ1v) is 5.29. The van der Waals surface area contributed by atoms with Crippen LogP contribution in [0.15, 0.2) is 18.2 Å². The van der Waals surface area contributed by atoms with Gasteiger partial charge in [0.25, 0.3) is 0 Å². The summed E-state index contributed by atoms with van der Waals surface area (Å²) >= 11 is 0. The molecule has 1 N–H and O–H groups in total. The molecule has 3 heteroatoms. The molecule has 1 aromatic rings. The minimum Gasteiger partial charge on any atom is -0.330 e. The number of amidine groups is 1. The quantitative estimate of drug-likeness (QED) is 0.751. The molecule has 1 saturated heterocycles. The second-order valence-corrected chi connectivity index (χ2v) is 3.99. The van der Waals surface area contributed by atoms with Crippen molar-refractivity contribution in [2.24, 2.45) is 0 Å². The van der Waals surface area contributed by atoms with Gasteiger partial charge < -0.3 is 4.90 Å². The van der Waals surface area contributed by atoms with Crippen molar-refractivity contribution in [1.82, 2.24) is 0 Å². The Morgan fingerprint density at radius 1 is 1.33 bits per heavy atom. The molecule has 2 rings (SSSR count). The number of aryl methyl sites for hydroxylation is 1. The summed E-state index contributed by atoms with van der Waals surface area (Å²) in [7, 11) is 0. The minimum atomic E-state index is -0.178. The monoisotopic (exact) mass is 206 g/mol. The number of nitrogens with zero attached hydrogens (tertiary/aromatic N) is 1. The standard InChI is InChI=1S/C12H15FN2/c1-9-8-10(5-6-11(9)13)15-7-3-2-4-12(15)14/h5-6,8,14H,2-4,7H2,1H3. The van der Waals surface area contributed by atoms with Gasteiger partial charge in [-0.15, -0.1) is 0 Å². The summed E-state index contributed by atoms with van der Waals surface area (Å²) in [6, 6.07) is 5.05. The number of hydrogen-bond acceptors (Lipinski definition) is 1. The third kappa shape index (κ3) is 2.01. The lowest BCUT2D eigenvalue weighted by Crippen LogP contribution is -2.34. The molecular weight excluding hydrogens is 191 g/mol. The summed E-state index contributed by atoms with van der Waals surface area (Å²) in [5, 5.41) is 7.84. The second kappa shape index (κ2) is 4.01. The zero-order chi connectivity index (χ0) is 10.8. The van der Waals surface area contributed by atoms with Crippen molar-refractivity contribution in [3.05, 3.63) is 29.6 Å².